The summed E-state index contributed by atoms with van der Waals surface area (Å²) < 4.78 is 18.3. The number of amides is 2. The van der Waals surface area contributed by atoms with E-state index >= 15 is 0 Å². The van der Waals surface area contributed by atoms with Crippen molar-refractivity contribution in [2.24, 2.45) is 0 Å². The van der Waals surface area contributed by atoms with Gasteiger partial charge in [-0.3, -0.25) is 4.98 Å². The lowest BCUT2D eigenvalue weighted by Gasteiger charge is -2.11. The molecule has 0 aliphatic rings. The molecule has 0 aliphatic carbocycles. The molecule has 2 aromatic heterocycles. The average molecular weight is 403 g/mol. The van der Waals surface area contributed by atoms with Gasteiger partial charge >= 0.3 is 6.03 Å². The number of benzene rings is 2. The molecular weight excluding hydrogens is 385 g/mol. The van der Waals surface area contributed by atoms with Crippen molar-refractivity contribution in [1.82, 2.24) is 20.4 Å². The summed E-state index contributed by atoms with van der Waals surface area (Å²) in [6, 6.07) is 16.6. The second-order valence-corrected chi connectivity index (χ2v) is 6.52. The third kappa shape index (κ3) is 4.85. The average Bonchev–Trinajstić information content (AvgIpc) is 3.24. The van der Waals surface area contributed by atoms with Crippen molar-refractivity contribution in [1.29, 1.82) is 0 Å². The number of aromatic nitrogens is 3. The molecule has 4 aromatic rings. The molecule has 7 nitrogen and oxygen atoms in total. The van der Waals surface area contributed by atoms with Crippen LogP contribution in [0.4, 0.5) is 14.9 Å². The molecule has 150 valence electrons. The second kappa shape index (κ2) is 8.95. The van der Waals surface area contributed by atoms with Gasteiger partial charge in [-0.15, -0.1) is 0 Å². The van der Waals surface area contributed by atoms with Gasteiger partial charge in [0.15, 0.2) is 0 Å². The van der Waals surface area contributed by atoms with Crippen molar-refractivity contribution in [2.45, 2.75) is 13.0 Å². The van der Waals surface area contributed by atoms with Crippen LogP contribution in [0.5, 0.6) is 0 Å². The van der Waals surface area contributed by atoms with Crippen LogP contribution in [0.25, 0.3) is 11.4 Å². The molecule has 2 amide bonds. The van der Waals surface area contributed by atoms with Crippen LogP contribution in [-0.4, -0.2) is 21.2 Å². The maximum absolute atomic E-state index is 13.0. The normalized spacial score (nSPS) is 10.6. The fraction of sp³-hybridized carbons (Fsp3) is 0.0909. The Balaban J connectivity index is 1.40. The Kier molecular flexibility index (Phi) is 5.75. The molecule has 0 aliphatic heterocycles. The smallest absolute Gasteiger partial charge is 0.319 e. The van der Waals surface area contributed by atoms with Gasteiger partial charge in [-0.2, -0.15) is 4.98 Å². The number of pyridine rings is 1. The molecular formula is C22H18FN5O2. The van der Waals surface area contributed by atoms with Crippen molar-refractivity contribution in [3.63, 3.8) is 0 Å². The zero-order valence-corrected chi connectivity index (χ0v) is 15.9. The van der Waals surface area contributed by atoms with E-state index < -0.39 is 0 Å². The SMILES string of the molecule is O=C(NCc1ccc(F)cc1)Nc1ccccc1Cc1nc(-c2cccnc2)no1. The molecule has 8 heteroatoms. The van der Waals surface area contributed by atoms with Gasteiger partial charge in [0, 0.05) is 30.2 Å². The Morgan fingerprint density at radius 3 is 2.67 bits per heavy atom. The molecule has 30 heavy (non-hydrogen) atoms. The van der Waals surface area contributed by atoms with Crippen molar-refractivity contribution in [3.8, 4) is 11.4 Å². The number of nitrogens with zero attached hydrogens (tertiary/aromatic N) is 3. The highest BCUT2D eigenvalue weighted by Crippen LogP contribution is 2.20. The quantitative estimate of drug-likeness (QED) is 0.504. The second-order valence-electron chi connectivity index (χ2n) is 6.52. The molecule has 0 fully saturated rings. The largest absolute Gasteiger partial charge is 0.339 e. The maximum Gasteiger partial charge on any atom is 0.319 e. The molecule has 0 atom stereocenters. The van der Waals surface area contributed by atoms with Gasteiger partial charge in [-0.25, -0.2) is 9.18 Å². The Bertz CT molecular complexity index is 1130. The molecule has 0 saturated carbocycles. The number of para-hydroxylation sites is 1. The van der Waals surface area contributed by atoms with Gasteiger partial charge in [0.2, 0.25) is 11.7 Å². The number of anilines is 1. The van der Waals surface area contributed by atoms with Crippen LogP contribution in [0.2, 0.25) is 0 Å². The minimum atomic E-state index is -0.367. The van der Waals surface area contributed by atoms with Gasteiger partial charge in [-0.05, 0) is 41.5 Å². The fourth-order valence-corrected chi connectivity index (χ4v) is 2.85. The van der Waals surface area contributed by atoms with Crippen LogP contribution in [0.3, 0.4) is 0 Å². The lowest BCUT2D eigenvalue weighted by atomic mass is 10.1. The fourth-order valence-electron chi connectivity index (χ4n) is 2.85. The first kappa shape index (κ1) is 19.3. The van der Waals surface area contributed by atoms with Crippen LogP contribution in [0.1, 0.15) is 17.0 Å². The van der Waals surface area contributed by atoms with E-state index in [0.29, 0.717) is 23.8 Å². The molecule has 0 saturated heterocycles. The van der Waals surface area contributed by atoms with E-state index in [9.17, 15) is 9.18 Å². The summed E-state index contributed by atoms with van der Waals surface area (Å²) in [5.74, 6) is 0.570. The van der Waals surface area contributed by atoms with Crippen molar-refractivity contribution in [3.05, 3.63) is 95.9 Å². The van der Waals surface area contributed by atoms with Crippen LogP contribution in [0, 0.1) is 5.82 Å². The minimum Gasteiger partial charge on any atom is -0.339 e. The molecule has 2 heterocycles. The Labute approximate surface area is 172 Å². The highest BCUT2D eigenvalue weighted by atomic mass is 19.1. The third-order valence-electron chi connectivity index (χ3n) is 4.36. The van der Waals surface area contributed by atoms with Crippen LogP contribution >= 0.6 is 0 Å². The number of nitrogens with one attached hydrogen (secondary N) is 2. The van der Waals surface area contributed by atoms with Gasteiger partial charge in [0.1, 0.15) is 5.82 Å². The molecule has 0 bridgehead atoms. The van der Waals surface area contributed by atoms with Gasteiger partial charge in [0.25, 0.3) is 0 Å². The van der Waals surface area contributed by atoms with E-state index in [1.165, 1.54) is 12.1 Å². The number of carbonyl (C=O) groups excluding carboxylic acids is 1. The van der Waals surface area contributed by atoms with E-state index in [1.807, 2.05) is 24.3 Å². The van der Waals surface area contributed by atoms with Crippen molar-refractivity contribution < 1.29 is 13.7 Å². The summed E-state index contributed by atoms with van der Waals surface area (Å²) in [5, 5.41) is 9.57. The number of urea groups is 1. The summed E-state index contributed by atoms with van der Waals surface area (Å²) in [6.07, 6.45) is 3.70. The first-order valence-corrected chi connectivity index (χ1v) is 9.27. The molecule has 4 rings (SSSR count). The number of rotatable bonds is 6. The zero-order chi connectivity index (χ0) is 20.8. The maximum atomic E-state index is 13.0. The van der Waals surface area contributed by atoms with E-state index in [-0.39, 0.29) is 18.4 Å². The van der Waals surface area contributed by atoms with Gasteiger partial charge < -0.3 is 15.2 Å². The van der Waals surface area contributed by atoms with Crippen LogP contribution < -0.4 is 10.6 Å². The minimum absolute atomic E-state index is 0.284. The highest BCUT2D eigenvalue weighted by molar-refractivity contribution is 5.90. The van der Waals surface area contributed by atoms with E-state index in [2.05, 4.69) is 25.8 Å². The summed E-state index contributed by atoms with van der Waals surface area (Å²) in [4.78, 5) is 20.7. The number of hydrogen-bond donors (Lipinski definition) is 2. The van der Waals surface area contributed by atoms with Crippen LogP contribution in [0.15, 0.2) is 77.6 Å². The summed E-state index contributed by atoms with van der Waals surface area (Å²) in [5.41, 5.74) is 3.03. The van der Waals surface area contributed by atoms with E-state index in [4.69, 9.17) is 4.52 Å². The summed E-state index contributed by atoms with van der Waals surface area (Å²) in [7, 11) is 0. The standard InChI is InChI=1S/C22H18FN5O2/c23-18-9-7-15(8-10-18)13-25-22(29)26-19-6-2-1-4-16(19)12-20-27-21(28-30-20)17-5-3-11-24-14-17/h1-11,14H,12-13H2,(H2,25,26,29). The molecule has 0 radical (unpaired) electrons. The van der Waals surface area contributed by atoms with Gasteiger partial charge in [-0.1, -0.05) is 35.5 Å². The summed E-state index contributed by atoms with van der Waals surface area (Å²) in [6.45, 7) is 0.284. The van der Waals surface area contributed by atoms with Crippen molar-refractivity contribution >= 4 is 11.7 Å². The number of hydrogen-bond acceptors (Lipinski definition) is 5. The van der Waals surface area contributed by atoms with Gasteiger partial charge in [0.05, 0.1) is 6.42 Å². The Morgan fingerprint density at radius 1 is 1.03 bits per heavy atom. The first-order valence-electron chi connectivity index (χ1n) is 9.27. The first-order chi connectivity index (χ1) is 14.7. The zero-order valence-electron chi connectivity index (χ0n) is 15.9. The topological polar surface area (TPSA) is 92.9 Å². The molecule has 0 spiro atoms. The lowest BCUT2D eigenvalue weighted by molar-refractivity contribution is 0.251. The molecule has 0 unspecified atom stereocenters. The third-order valence-corrected chi connectivity index (χ3v) is 4.36. The van der Waals surface area contributed by atoms with E-state index in [1.54, 1.807) is 36.7 Å². The molecule has 2 aromatic carbocycles. The predicted molar refractivity (Wildman–Crippen MR) is 109 cm³/mol. The van der Waals surface area contributed by atoms with E-state index in [0.717, 1.165) is 16.7 Å². The summed E-state index contributed by atoms with van der Waals surface area (Å²) >= 11 is 0. The number of halogens is 1. The number of carbonyl (C=O) groups is 1. The molecule has 2 N–H and O–H groups in total. The lowest BCUT2D eigenvalue weighted by Crippen LogP contribution is -2.28. The monoisotopic (exact) mass is 403 g/mol. The Morgan fingerprint density at radius 2 is 1.87 bits per heavy atom. The van der Waals surface area contributed by atoms with Crippen molar-refractivity contribution in [2.75, 3.05) is 5.32 Å². The van der Waals surface area contributed by atoms with Crippen LogP contribution in [-0.2, 0) is 13.0 Å². The highest BCUT2D eigenvalue weighted by Gasteiger charge is 2.13. The Hall–Kier alpha value is -4.07. The predicted octanol–water partition coefficient (Wildman–Crippen LogP) is 4.18.